The van der Waals surface area contributed by atoms with Crippen molar-refractivity contribution in [2.45, 2.75) is 19.5 Å². The summed E-state index contributed by atoms with van der Waals surface area (Å²) in [5.41, 5.74) is -1.73. The summed E-state index contributed by atoms with van der Waals surface area (Å²) in [6.07, 6.45) is -4.38. The molecule has 3 nitrogen and oxygen atoms in total. The van der Waals surface area contributed by atoms with E-state index in [2.05, 4.69) is 0 Å². The molecule has 0 aliphatic rings. The second-order valence-corrected chi connectivity index (χ2v) is 5.83. The van der Waals surface area contributed by atoms with Gasteiger partial charge in [0.25, 0.3) is 0 Å². The molecule has 8 heteroatoms. The molecular formula is C10H11ClF3NO2S. The van der Waals surface area contributed by atoms with Gasteiger partial charge in [0.15, 0.2) is 0 Å². The van der Waals surface area contributed by atoms with Crippen molar-refractivity contribution in [3.8, 4) is 0 Å². The first-order valence-corrected chi connectivity index (χ1v) is 7.06. The number of halogens is 4. The fourth-order valence-corrected chi connectivity index (χ4v) is 2.79. The van der Waals surface area contributed by atoms with Gasteiger partial charge >= 0.3 is 6.18 Å². The smallest absolute Gasteiger partial charge is 0.281 e. The molecule has 1 aromatic carbocycles. The molecule has 18 heavy (non-hydrogen) atoms. The number of nitrogens with one attached hydrogen (secondary N) is 1. The van der Waals surface area contributed by atoms with Gasteiger partial charge in [-0.3, -0.25) is 4.72 Å². The van der Waals surface area contributed by atoms with Gasteiger partial charge in [0.05, 0.1) is 22.0 Å². The van der Waals surface area contributed by atoms with Crippen LogP contribution >= 0.6 is 11.6 Å². The molecule has 0 saturated carbocycles. The standard InChI is InChI=1S/C10H11ClF3NO2S/c1-2-6-18(16,17)15-9-7(10(12,13)14)4-3-5-8(9)11/h3-5,15H,2,6H2,1H3. The topological polar surface area (TPSA) is 46.2 Å². The summed E-state index contributed by atoms with van der Waals surface area (Å²) in [5, 5.41) is -0.287. The number of para-hydroxylation sites is 1. The fourth-order valence-electron chi connectivity index (χ4n) is 1.34. The van der Waals surface area contributed by atoms with Gasteiger partial charge in [-0.1, -0.05) is 24.6 Å². The van der Waals surface area contributed by atoms with Crippen LogP contribution in [0.5, 0.6) is 0 Å². The van der Waals surface area contributed by atoms with Crippen LogP contribution in [0.4, 0.5) is 18.9 Å². The number of rotatable bonds is 4. The lowest BCUT2D eigenvalue weighted by atomic mass is 10.2. The van der Waals surface area contributed by atoms with Gasteiger partial charge in [-0.2, -0.15) is 13.2 Å². The molecule has 0 aliphatic carbocycles. The zero-order valence-electron chi connectivity index (χ0n) is 9.38. The molecule has 0 atom stereocenters. The number of hydrogen-bond donors (Lipinski definition) is 1. The van der Waals surface area contributed by atoms with E-state index in [-0.39, 0.29) is 10.8 Å². The molecule has 1 rings (SSSR count). The third kappa shape index (κ3) is 3.78. The molecule has 0 radical (unpaired) electrons. The Hall–Kier alpha value is -0.950. The molecule has 1 N–H and O–H groups in total. The Morgan fingerprint density at radius 2 is 1.94 bits per heavy atom. The van der Waals surface area contributed by atoms with E-state index in [1.807, 2.05) is 4.72 Å². The van der Waals surface area contributed by atoms with Gasteiger partial charge in [-0.05, 0) is 18.6 Å². The summed E-state index contributed by atoms with van der Waals surface area (Å²) < 4.78 is 63.0. The van der Waals surface area contributed by atoms with E-state index < -0.39 is 27.5 Å². The summed E-state index contributed by atoms with van der Waals surface area (Å²) in [7, 11) is -3.82. The summed E-state index contributed by atoms with van der Waals surface area (Å²) in [6.45, 7) is 1.61. The van der Waals surface area contributed by atoms with Crippen LogP contribution in [0.15, 0.2) is 18.2 Å². The molecule has 0 bridgehead atoms. The van der Waals surface area contributed by atoms with Crippen LogP contribution in [-0.2, 0) is 16.2 Å². The lowest BCUT2D eigenvalue weighted by molar-refractivity contribution is -0.136. The average molecular weight is 302 g/mol. The van der Waals surface area contributed by atoms with Gasteiger partial charge in [0.1, 0.15) is 0 Å². The molecular weight excluding hydrogens is 291 g/mol. The van der Waals surface area contributed by atoms with Crippen molar-refractivity contribution in [2.24, 2.45) is 0 Å². The van der Waals surface area contributed by atoms with Crippen molar-refractivity contribution in [1.29, 1.82) is 0 Å². The number of anilines is 1. The molecule has 0 fully saturated rings. The molecule has 102 valence electrons. The highest BCUT2D eigenvalue weighted by molar-refractivity contribution is 7.92. The molecule has 0 unspecified atom stereocenters. The molecule has 0 amide bonds. The predicted octanol–water partition coefficient (Wildman–Crippen LogP) is 3.51. The Bertz CT molecular complexity index is 528. The van der Waals surface area contributed by atoms with E-state index in [0.29, 0.717) is 6.42 Å². The van der Waals surface area contributed by atoms with E-state index in [4.69, 9.17) is 11.6 Å². The zero-order chi connectivity index (χ0) is 14.0. The third-order valence-electron chi connectivity index (χ3n) is 2.05. The number of sulfonamides is 1. The van der Waals surface area contributed by atoms with E-state index in [1.54, 1.807) is 6.92 Å². The van der Waals surface area contributed by atoms with E-state index in [9.17, 15) is 21.6 Å². The number of benzene rings is 1. The van der Waals surface area contributed by atoms with Crippen molar-refractivity contribution < 1.29 is 21.6 Å². The van der Waals surface area contributed by atoms with Gasteiger partial charge in [0.2, 0.25) is 10.0 Å². The van der Waals surface area contributed by atoms with Crippen molar-refractivity contribution in [1.82, 2.24) is 0 Å². The highest BCUT2D eigenvalue weighted by Crippen LogP contribution is 2.38. The molecule has 0 aromatic heterocycles. The maximum Gasteiger partial charge on any atom is 0.418 e. The second-order valence-electron chi connectivity index (χ2n) is 3.58. The lowest BCUT2D eigenvalue weighted by Gasteiger charge is -2.15. The zero-order valence-corrected chi connectivity index (χ0v) is 11.0. The van der Waals surface area contributed by atoms with Crippen molar-refractivity contribution in [2.75, 3.05) is 10.5 Å². The quantitative estimate of drug-likeness (QED) is 0.925. The van der Waals surface area contributed by atoms with Crippen LogP contribution in [0.3, 0.4) is 0 Å². The minimum Gasteiger partial charge on any atom is -0.281 e. The normalized spacial score (nSPS) is 12.5. The van der Waals surface area contributed by atoms with Crippen molar-refractivity contribution in [3.05, 3.63) is 28.8 Å². The van der Waals surface area contributed by atoms with E-state index >= 15 is 0 Å². The molecule has 0 heterocycles. The van der Waals surface area contributed by atoms with Gasteiger partial charge in [0, 0.05) is 0 Å². The van der Waals surface area contributed by atoms with Crippen LogP contribution < -0.4 is 4.72 Å². The SMILES string of the molecule is CCCS(=O)(=O)Nc1c(Cl)cccc1C(F)(F)F. The van der Waals surface area contributed by atoms with Crippen LogP contribution in [0.25, 0.3) is 0 Å². The lowest BCUT2D eigenvalue weighted by Crippen LogP contribution is -2.19. The van der Waals surface area contributed by atoms with Crippen LogP contribution in [-0.4, -0.2) is 14.2 Å². The van der Waals surface area contributed by atoms with Crippen molar-refractivity contribution >= 4 is 27.3 Å². The Morgan fingerprint density at radius 3 is 2.44 bits per heavy atom. The summed E-state index contributed by atoms with van der Waals surface area (Å²) in [6, 6.07) is 3.08. The summed E-state index contributed by atoms with van der Waals surface area (Å²) in [4.78, 5) is 0. The predicted molar refractivity (Wildman–Crippen MR) is 64.2 cm³/mol. The van der Waals surface area contributed by atoms with Gasteiger partial charge in [-0.25, -0.2) is 8.42 Å². The van der Waals surface area contributed by atoms with Crippen LogP contribution in [0.1, 0.15) is 18.9 Å². The molecule has 0 aliphatic heterocycles. The molecule has 0 saturated heterocycles. The summed E-state index contributed by atoms with van der Waals surface area (Å²) >= 11 is 5.61. The number of alkyl halides is 3. The van der Waals surface area contributed by atoms with E-state index in [1.165, 1.54) is 6.07 Å². The van der Waals surface area contributed by atoms with Crippen molar-refractivity contribution in [3.63, 3.8) is 0 Å². The Morgan fingerprint density at radius 1 is 1.33 bits per heavy atom. The first-order valence-electron chi connectivity index (χ1n) is 5.03. The molecule has 0 spiro atoms. The first-order chi connectivity index (χ1) is 8.17. The first kappa shape index (κ1) is 15.1. The van der Waals surface area contributed by atoms with Crippen LogP contribution in [0, 0.1) is 0 Å². The summed E-state index contributed by atoms with van der Waals surface area (Å²) in [5.74, 6) is -0.268. The maximum absolute atomic E-state index is 12.7. The highest BCUT2D eigenvalue weighted by atomic mass is 35.5. The van der Waals surface area contributed by atoms with Crippen LogP contribution in [0.2, 0.25) is 5.02 Å². The monoisotopic (exact) mass is 301 g/mol. The minimum atomic E-state index is -4.67. The average Bonchev–Trinajstić information content (AvgIpc) is 2.18. The number of hydrogen-bond acceptors (Lipinski definition) is 2. The Kier molecular flexibility index (Phi) is 4.50. The third-order valence-corrected chi connectivity index (χ3v) is 3.83. The second kappa shape index (κ2) is 5.36. The van der Waals surface area contributed by atoms with Gasteiger partial charge in [-0.15, -0.1) is 0 Å². The Balaban J connectivity index is 3.24. The fraction of sp³-hybridized carbons (Fsp3) is 0.400. The van der Waals surface area contributed by atoms with Gasteiger partial charge < -0.3 is 0 Å². The van der Waals surface area contributed by atoms with E-state index in [0.717, 1.165) is 12.1 Å². The maximum atomic E-state index is 12.7. The minimum absolute atomic E-state index is 0.268. The largest absolute Gasteiger partial charge is 0.418 e. The molecule has 1 aromatic rings. The Labute approximate surface area is 108 Å². The highest BCUT2D eigenvalue weighted by Gasteiger charge is 2.35.